The number of sulfonamides is 1. The fourth-order valence-electron chi connectivity index (χ4n) is 3.36. The van der Waals surface area contributed by atoms with Crippen molar-refractivity contribution in [3.05, 3.63) is 59.2 Å². The Morgan fingerprint density at radius 1 is 1.10 bits per heavy atom. The summed E-state index contributed by atoms with van der Waals surface area (Å²) in [5.41, 5.74) is 9.71. The number of nitrogens with zero attached hydrogens (tertiary/aromatic N) is 1. The van der Waals surface area contributed by atoms with Gasteiger partial charge in [-0.25, -0.2) is 18.1 Å². The van der Waals surface area contributed by atoms with Gasteiger partial charge in [0.25, 0.3) is 0 Å². The molecule has 29 heavy (non-hydrogen) atoms. The molecule has 8 heteroatoms. The molecular weight excluding hydrogens is 499 g/mol. The number of fused-ring (bicyclic) bond motifs is 1. The molecule has 6 nitrogen and oxygen atoms in total. The van der Waals surface area contributed by atoms with Gasteiger partial charge in [-0.3, -0.25) is 0 Å². The van der Waals surface area contributed by atoms with Gasteiger partial charge < -0.3 is 11.1 Å². The molecule has 1 aliphatic carbocycles. The van der Waals surface area contributed by atoms with Crippen molar-refractivity contribution < 1.29 is 8.42 Å². The van der Waals surface area contributed by atoms with Gasteiger partial charge in [0.15, 0.2) is 5.96 Å². The van der Waals surface area contributed by atoms with Crippen molar-refractivity contribution in [2.45, 2.75) is 57.0 Å². The molecule has 0 radical (unpaired) electrons. The number of nitrogens with two attached hydrogens (primary N) is 1. The Balaban J connectivity index is 0.00000300. The van der Waals surface area contributed by atoms with Crippen LogP contribution in [-0.4, -0.2) is 19.9 Å². The van der Waals surface area contributed by atoms with Crippen LogP contribution in [0, 0.1) is 0 Å². The summed E-state index contributed by atoms with van der Waals surface area (Å²) in [5.74, 6) is 0.258. The number of aryl methyl sites for hydroxylation is 2. The van der Waals surface area contributed by atoms with Crippen LogP contribution < -0.4 is 15.8 Å². The highest BCUT2D eigenvalue weighted by Crippen LogP contribution is 2.25. The third kappa shape index (κ3) is 6.42. The fourth-order valence-corrected chi connectivity index (χ4v) is 5.01. The lowest BCUT2D eigenvalue weighted by molar-refractivity contribution is 0.491. The largest absolute Gasteiger partial charge is 0.370 e. The number of benzene rings is 2. The van der Waals surface area contributed by atoms with Crippen molar-refractivity contribution in [3.8, 4) is 0 Å². The van der Waals surface area contributed by atoms with Crippen LogP contribution in [0.4, 0.5) is 5.69 Å². The second-order valence-corrected chi connectivity index (χ2v) is 9.78. The molecule has 0 fully saturated rings. The summed E-state index contributed by atoms with van der Waals surface area (Å²) < 4.78 is 28.1. The highest BCUT2D eigenvalue weighted by Gasteiger charge is 2.24. The monoisotopic (exact) mass is 528 g/mol. The second kappa shape index (κ2) is 9.44. The zero-order valence-electron chi connectivity index (χ0n) is 17.0. The van der Waals surface area contributed by atoms with Crippen molar-refractivity contribution in [1.29, 1.82) is 0 Å². The van der Waals surface area contributed by atoms with E-state index in [-0.39, 0.29) is 41.4 Å². The van der Waals surface area contributed by atoms with Crippen LogP contribution in [0.5, 0.6) is 0 Å². The van der Waals surface area contributed by atoms with E-state index in [0.717, 1.165) is 18.5 Å². The molecule has 0 heterocycles. The number of anilines is 1. The lowest BCUT2D eigenvalue weighted by Gasteiger charge is -2.21. The van der Waals surface area contributed by atoms with E-state index in [1.165, 1.54) is 17.5 Å². The average molecular weight is 528 g/mol. The molecule has 0 saturated heterocycles. The van der Waals surface area contributed by atoms with E-state index in [4.69, 9.17) is 5.73 Å². The Labute approximate surface area is 190 Å². The van der Waals surface area contributed by atoms with Crippen LogP contribution in [0.2, 0.25) is 0 Å². The summed E-state index contributed by atoms with van der Waals surface area (Å²) in [6, 6.07) is 13.1. The summed E-state index contributed by atoms with van der Waals surface area (Å²) in [6.45, 7) is 5.60. The zero-order chi connectivity index (χ0) is 20.4. The Hall–Kier alpha value is -1.65. The first-order valence-electron chi connectivity index (χ1n) is 9.45. The molecule has 0 spiro atoms. The van der Waals surface area contributed by atoms with Gasteiger partial charge in [0.1, 0.15) is 0 Å². The molecule has 0 amide bonds. The minimum absolute atomic E-state index is 0. The SMILES string of the molecule is CC(C)(C)NS(=O)(=O)c1ccccc1CN=C(N)Nc1ccc2c(c1)CCC2.I. The van der Waals surface area contributed by atoms with Crippen molar-refractivity contribution in [2.24, 2.45) is 10.7 Å². The standard InChI is InChI=1S/C21H28N4O2S.HI/c1-21(2,3)25-28(26,27)19-10-5-4-7-17(19)14-23-20(22)24-18-12-11-15-8-6-9-16(15)13-18;/h4-5,7,10-13,25H,6,8-9,14H2,1-3H3,(H3,22,23,24);1H. The molecule has 1 aliphatic rings. The normalized spacial score (nSPS) is 14.2. The average Bonchev–Trinajstić information content (AvgIpc) is 3.06. The van der Waals surface area contributed by atoms with Crippen LogP contribution in [-0.2, 0) is 29.4 Å². The molecule has 2 aromatic rings. The van der Waals surface area contributed by atoms with E-state index in [1.807, 2.05) is 26.8 Å². The molecule has 158 valence electrons. The third-order valence-electron chi connectivity index (χ3n) is 4.49. The van der Waals surface area contributed by atoms with E-state index < -0.39 is 15.6 Å². The van der Waals surface area contributed by atoms with E-state index >= 15 is 0 Å². The number of nitrogens with one attached hydrogen (secondary N) is 2. The van der Waals surface area contributed by atoms with Crippen LogP contribution in [0.25, 0.3) is 0 Å². The maximum Gasteiger partial charge on any atom is 0.241 e. The molecule has 0 aliphatic heterocycles. The molecule has 3 rings (SSSR count). The minimum Gasteiger partial charge on any atom is -0.370 e. The topological polar surface area (TPSA) is 96.6 Å². The molecular formula is C21H29IN4O2S. The molecule has 0 aromatic heterocycles. The Bertz CT molecular complexity index is 998. The third-order valence-corrected chi connectivity index (χ3v) is 6.35. The molecule has 0 atom stereocenters. The number of aliphatic imine (C=N–C) groups is 1. The summed E-state index contributed by atoms with van der Waals surface area (Å²) in [6.07, 6.45) is 3.41. The van der Waals surface area contributed by atoms with Gasteiger partial charge in [-0.1, -0.05) is 24.3 Å². The van der Waals surface area contributed by atoms with Crippen LogP contribution in [0.1, 0.15) is 43.9 Å². The molecule has 2 aromatic carbocycles. The van der Waals surface area contributed by atoms with Gasteiger partial charge in [0, 0.05) is 11.2 Å². The van der Waals surface area contributed by atoms with Crippen molar-refractivity contribution in [2.75, 3.05) is 5.32 Å². The van der Waals surface area contributed by atoms with E-state index in [2.05, 4.69) is 27.2 Å². The minimum atomic E-state index is -3.64. The number of guanidine groups is 1. The van der Waals surface area contributed by atoms with E-state index in [9.17, 15) is 8.42 Å². The van der Waals surface area contributed by atoms with Crippen molar-refractivity contribution in [1.82, 2.24) is 4.72 Å². The van der Waals surface area contributed by atoms with Crippen molar-refractivity contribution >= 4 is 45.6 Å². The lowest BCUT2D eigenvalue weighted by atomic mass is 10.1. The summed E-state index contributed by atoms with van der Waals surface area (Å²) in [5, 5.41) is 3.10. The maximum absolute atomic E-state index is 12.7. The Morgan fingerprint density at radius 3 is 2.52 bits per heavy atom. The summed E-state index contributed by atoms with van der Waals surface area (Å²) in [4.78, 5) is 4.57. The predicted octanol–water partition coefficient (Wildman–Crippen LogP) is 3.80. The first kappa shape index (κ1) is 23.6. The van der Waals surface area contributed by atoms with Gasteiger partial charge in [-0.15, -0.1) is 24.0 Å². The van der Waals surface area contributed by atoms with Gasteiger partial charge in [0.05, 0.1) is 11.4 Å². The van der Waals surface area contributed by atoms with E-state index in [0.29, 0.717) is 5.56 Å². The second-order valence-electron chi connectivity index (χ2n) is 8.13. The molecule has 0 saturated carbocycles. The highest BCUT2D eigenvalue weighted by atomic mass is 127. The quantitative estimate of drug-likeness (QED) is 0.313. The number of rotatable bonds is 5. The van der Waals surface area contributed by atoms with E-state index in [1.54, 1.807) is 24.3 Å². The van der Waals surface area contributed by atoms with Crippen LogP contribution in [0.15, 0.2) is 52.4 Å². The van der Waals surface area contributed by atoms with Crippen molar-refractivity contribution in [3.63, 3.8) is 0 Å². The van der Waals surface area contributed by atoms with Gasteiger partial charge in [-0.05, 0) is 74.9 Å². The van der Waals surface area contributed by atoms with Gasteiger partial charge in [-0.2, -0.15) is 0 Å². The van der Waals surface area contributed by atoms with Gasteiger partial charge in [0.2, 0.25) is 10.0 Å². The first-order chi connectivity index (χ1) is 13.1. The Morgan fingerprint density at radius 2 is 1.79 bits per heavy atom. The van der Waals surface area contributed by atoms with Gasteiger partial charge >= 0.3 is 0 Å². The maximum atomic E-state index is 12.7. The lowest BCUT2D eigenvalue weighted by Crippen LogP contribution is -2.40. The number of hydrogen-bond donors (Lipinski definition) is 3. The smallest absolute Gasteiger partial charge is 0.241 e. The zero-order valence-corrected chi connectivity index (χ0v) is 20.2. The molecule has 0 unspecified atom stereocenters. The molecule has 0 bridgehead atoms. The molecule has 4 N–H and O–H groups in total. The number of halogens is 1. The summed E-state index contributed by atoms with van der Waals surface area (Å²) in [7, 11) is -3.64. The first-order valence-corrected chi connectivity index (χ1v) is 10.9. The van der Waals surface area contributed by atoms with Crippen LogP contribution >= 0.6 is 24.0 Å². The summed E-state index contributed by atoms with van der Waals surface area (Å²) >= 11 is 0. The van der Waals surface area contributed by atoms with Crippen LogP contribution in [0.3, 0.4) is 0 Å². The predicted molar refractivity (Wildman–Crippen MR) is 129 cm³/mol. The fraction of sp³-hybridized carbons (Fsp3) is 0.381. The highest BCUT2D eigenvalue weighted by molar-refractivity contribution is 14.0. The number of hydrogen-bond acceptors (Lipinski definition) is 3. The Kier molecular flexibility index (Phi) is 7.69.